The SMILES string of the molecule is O=C(Cc1ccccn1)N[C@@H]1CCN(c2ccc(C(F)(F)F)cc2)C1. The molecule has 1 aromatic carbocycles. The highest BCUT2D eigenvalue weighted by Gasteiger charge is 2.30. The molecule has 1 aliphatic rings. The third-order valence-electron chi connectivity index (χ3n) is 4.18. The van der Waals surface area contributed by atoms with Crippen LogP contribution in [-0.2, 0) is 17.4 Å². The van der Waals surface area contributed by atoms with Crippen LogP contribution in [0.3, 0.4) is 0 Å². The molecular weight excluding hydrogens is 331 g/mol. The molecule has 0 radical (unpaired) electrons. The Kier molecular flexibility index (Phi) is 4.92. The van der Waals surface area contributed by atoms with Crippen LogP contribution in [0.25, 0.3) is 0 Å². The van der Waals surface area contributed by atoms with Crippen molar-refractivity contribution in [2.75, 3.05) is 18.0 Å². The van der Waals surface area contributed by atoms with E-state index in [2.05, 4.69) is 10.3 Å². The molecule has 0 aliphatic carbocycles. The number of hydrogen-bond acceptors (Lipinski definition) is 3. The smallest absolute Gasteiger partial charge is 0.369 e. The number of anilines is 1. The molecule has 1 atom stereocenters. The topological polar surface area (TPSA) is 45.2 Å². The van der Waals surface area contributed by atoms with Crippen molar-refractivity contribution in [2.45, 2.75) is 25.1 Å². The van der Waals surface area contributed by atoms with E-state index in [0.717, 1.165) is 24.2 Å². The molecule has 132 valence electrons. The van der Waals surface area contributed by atoms with E-state index in [1.807, 2.05) is 11.0 Å². The average molecular weight is 349 g/mol. The largest absolute Gasteiger partial charge is 0.416 e. The molecule has 1 amide bonds. The predicted octanol–water partition coefficient (Wildman–Crippen LogP) is 3.04. The highest BCUT2D eigenvalue weighted by molar-refractivity contribution is 5.78. The van der Waals surface area contributed by atoms with Gasteiger partial charge in [-0.3, -0.25) is 9.78 Å². The molecule has 2 heterocycles. The van der Waals surface area contributed by atoms with Gasteiger partial charge in [0.2, 0.25) is 5.91 Å². The zero-order valence-corrected chi connectivity index (χ0v) is 13.5. The number of carbonyl (C=O) groups is 1. The summed E-state index contributed by atoms with van der Waals surface area (Å²) >= 11 is 0. The van der Waals surface area contributed by atoms with Crippen LogP contribution in [0.15, 0.2) is 48.7 Å². The summed E-state index contributed by atoms with van der Waals surface area (Å²) in [5.74, 6) is -0.0991. The van der Waals surface area contributed by atoms with E-state index in [0.29, 0.717) is 18.8 Å². The summed E-state index contributed by atoms with van der Waals surface area (Å²) in [6, 6.07) is 10.5. The molecule has 7 heteroatoms. The molecule has 25 heavy (non-hydrogen) atoms. The van der Waals surface area contributed by atoms with Crippen LogP contribution >= 0.6 is 0 Å². The van der Waals surface area contributed by atoms with Crippen molar-refractivity contribution in [3.05, 3.63) is 59.9 Å². The van der Waals surface area contributed by atoms with Crippen LogP contribution in [0, 0.1) is 0 Å². The van der Waals surface area contributed by atoms with Crippen LogP contribution in [0.2, 0.25) is 0 Å². The molecular formula is C18H18F3N3O. The Balaban J connectivity index is 1.54. The molecule has 1 aliphatic heterocycles. The Bertz CT molecular complexity index is 717. The van der Waals surface area contributed by atoms with E-state index in [-0.39, 0.29) is 18.4 Å². The average Bonchev–Trinajstić information content (AvgIpc) is 3.03. The molecule has 1 fully saturated rings. The number of amides is 1. The van der Waals surface area contributed by atoms with Gasteiger partial charge in [0.1, 0.15) is 0 Å². The number of nitrogens with zero attached hydrogens (tertiary/aromatic N) is 2. The van der Waals surface area contributed by atoms with Crippen LogP contribution < -0.4 is 10.2 Å². The van der Waals surface area contributed by atoms with Gasteiger partial charge in [-0.2, -0.15) is 13.2 Å². The van der Waals surface area contributed by atoms with Gasteiger partial charge in [-0.15, -0.1) is 0 Å². The van der Waals surface area contributed by atoms with Crippen molar-refractivity contribution in [1.29, 1.82) is 0 Å². The molecule has 1 saturated heterocycles. The van der Waals surface area contributed by atoms with Gasteiger partial charge in [0.15, 0.2) is 0 Å². The lowest BCUT2D eigenvalue weighted by molar-refractivity contribution is -0.137. The fourth-order valence-corrected chi connectivity index (χ4v) is 2.92. The number of alkyl halides is 3. The van der Waals surface area contributed by atoms with E-state index in [9.17, 15) is 18.0 Å². The third kappa shape index (κ3) is 4.49. The third-order valence-corrected chi connectivity index (χ3v) is 4.18. The van der Waals surface area contributed by atoms with Gasteiger partial charge >= 0.3 is 6.18 Å². The van der Waals surface area contributed by atoms with Crippen LogP contribution in [0.1, 0.15) is 17.7 Å². The number of halogens is 3. The molecule has 0 spiro atoms. The molecule has 1 aromatic heterocycles. The second-order valence-corrected chi connectivity index (χ2v) is 6.04. The van der Waals surface area contributed by atoms with Crippen molar-refractivity contribution in [3.8, 4) is 0 Å². The van der Waals surface area contributed by atoms with Crippen molar-refractivity contribution in [2.24, 2.45) is 0 Å². The van der Waals surface area contributed by atoms with Crippen molar-refractivity contribution in [1.82, 2.24) is 10.3 Å². The molecule has 2 aromatic rings. The maximum absolute atomic E-state index is 12.6. The van der Waals surface area contributed by atoms with Crippen molar-refractivity contribution in [3.63, 3.8) is 0 Å². The van der Waals surface area contributed by atoms with E-state index >= 15 is 0 Å². The Labute approximate surface area is 143 Å². The molecule has 0 unspecified atom stereocenters. The van der Waals surface area contributed by atoms with Gasteiger partial charge in [0.25, 0.3) is 0 Å². The number of hydrogen-bond donors (Lipinski definition) is 1. The van der Waals surface area contributed by atoms with Gasteiger partial charge in [-0.1, -0.05) is 6.07 Å². The Morgan fingerprint density at radius 3 is 2.60 bits per heavy atom. The summed E-state index contributed by atoms with van der Waals surface area (Å²) in [5.41, 5.74) is 0.780. The van der Waals surface area contributed by atoms with Crippen molar-refractivity contribution < 1.29 is 18.0 Å². The molecule has 0 saturated carbocycles. The highest BCUT2D eigenvalue weighted by Crippen LogP contribution is 2.31. The molecule has 0 bridgehead atoms. The van der Waals surface area contributed by atoms with Crippen LogP contribution in [0.5, 0.6) is 0 Å². The number of benzene rings is 1. The molecule has 4 nitrogen and oxygen atoms in total. The molecule has 1 N–H and O–H groups in total. The second-order valence-electron chi connectivity index (χ2n) is 6.04. The van der Waals surface area contributed by atoms with E-state index < -0.39 is 11.7 Å². The minimum atomic E-state index is -4.33. The number of pyridine rings is 1. The van der Waals surface area contributed by atoms with Crippen LogP contribution in [0.4, 0.5) is 18.9 Å². The quantitative estimate of drug-likeness (QED) is 0.923. The zero-order chi connectivity index (χ0) is 17.9. The first-order chi connectivity index (χ1) is 11.9. The van der Waals surface area contributed by atoms with Gasteiger partial charge in [0, 0.05) is 36.7 Å². The first-order valence-corrected chi connectivity index (χ1v) is 8.03. The van der Waals surface area contributed by atoms with E-state index in [4.69, 9.17) is 0 Å². The minimum absolute atomic E-state index is 0.0153. The van der Waals surface area contributed by atoms with Crippen molar-refractivity contribution >= 4 is 11.6 Å². The maximum Gasteiger partial charge on any atom is 0.416 e. The summed E-state index contributed by atoms with van der Waals surface area (Å²) in [6.07, 6.45) is -1.71. The summed E-state index contributed by atoms with van der Waals surface area (Å²) in [7, 11) is 0. The fourth-order valence-electron chi connectivity index (χ4n) is 2.92. The zero-order valence-electron chi connectivity index (χ0n) is 13.5. The second kappa shape index (κ2) is 7.13. The minimum Gasteiger partial charge on any atom is -0.369 e. The van der Waals surface area contributed by atoms with Crippen LogP contribution in [-0.4, -0.2) is 30.0 Å². The highest BCUT2D eigenvalue weighted by atomic mass is 19.4. The van der Waals surface area contributed by atoms with E-state index in [1.54, 1.807) is 18.3 Å². The lowest BCUT2D eigenvalue weighted by Crippen LogP contribution is -2.38. The lowest BCUT2D eigenvalue weighted by atomic mass is 10.2. The number of carbonyl (C=O) groups excluding carboxylic acids is 1. The number of nitrogens with one attached hydrogen (secondary N) is 1. The van der Waals surface area contributed by atoms with E-state index in [1.165, 1.54) is 12.1 Å². The Morgan fingerprint density at radius 2 is 1.96 bits per heavy atom. The summed E-state index contributed by atoms with van der Waals surface area (Å²) in [4.78, 5) is 18.2. The summed E-state index contributed by atoms with van der Waals surface area (Å²) in [5, 5.41) is 2.96. The first kappa shape index (κ1) is 17.3. The molecule has 3 rings (SSSR count). The van der Waals surface area contributed by atoms with Gasteiger partial charge in [0.05, 0.1) is 12.0 Å². The monoisotopic (exact) mass is 349 g/mol. The maximum atomic E-state index is 12.6. The number of aromatic nitrogens is 1. The standard InChI is InChI=1S/C18H18F3N3O/c19-18(20,21)13-4-6-16(7-5-13)24-10-8-15(12-24)23-17(25)11-14-3-1-2-9-22-14/h1-7,9,15H,8,10-12H2,(H,23,25)/t15-/m1/s1. The predicted molar refractivity (Wildman–Crippen MR) is 88.1 cm³/mol. The van der Waals surface area contributed by atoms with Gasteiger partial charge < -0.3 is 10.2 Å². The lowest BCUT2D eigenvalue weighted by Gasteiger charge is -2.19. The normalized spacial score (nSPS) is 17.6. The Hall–Kier alpha value is -2.57. The fraction of sp³-hybridized carbons (Fsp3) is 0.333. The first-order valence-electron chi connectivity index (χ1n) is 8.03. The summed E-state index contributed by atoms with van der Waals surface area (Å²) in [6.45, 7) is 1.28. The Morgan fingerprint density at radius 1 is 1.20 bits per heavy atom. The number of rotatable bonds is 4. The summed E-state index contributed by atoms with van der Waals surface area (Å²) < 4.78 is 37.8. The van der Waals surface area contributed by atoms with Gasteiger partial charge in [-0.05, 0) is 42.8 Å². The van der Waals surface area contributed by atoms with Gasteiger partial charge in [-0.25, -0.2) is 0 Å².